The van der Waals surface area contributed by atoms with Crippen LogP contribution in [0.1, 0.15) is 0 Å². The number of nitrogens with zero attached hydrogens (tertiary/aromatic N) is 2. The number of para-hydroxylation sites is 4. The Labute approximate surface area is 490 Å². The molecule has 0 saturated heterocycles. The number of hydrogen-bond acceptors (Lipinski definition) is 2. The molecule has 4 heteroatoms. The Morgan fingerprint density at radius 2 is 0.429 bits per heavy atom. The van der Waals surface area contributed by atoms with Crippen LogP contribution in [0.5, 0.6) is 0 Å². The van der Waals surface area contributed by atoms with Crippen LogP contribution in [-0.2, 0) is 0 Å². The van der Waals surface area contributed by atoms with E-state index in [1.807, 2.05) is 0 Å². The van der Waals surface area contributed by atoms with E-state index in [1.165, 1.54) is 108 Å². The summed E-state index contributed by atoms with van der Waals surface area (Å²) in [6, 6.07) is 122. The van der Waals surface area contributed by atoms with Crippen LogP contribution in [0.25, 0.3) is 75.4 Å². The Kier molecular flexibility index (Phi) is 12.1. The molecular weight excluding hydrogens is 1010 g/mol. The van der Waals surface area contributed by atoms with Crippen molar-refractivity contribution in [3.05, 3.63) is 328 Å². The van der Waals surface area contributed by atoms with Crippen LogP contribution >= 0.6 is 0 Å². The SMILES string of the molecule is c1ccc(N(c2ccccc2)c2cc(B(c3ccc4ccccc4c3)c3ccc4ccccc4c3)c3ccc4c(N(c5ccccc5)c5ccccc5)cc(B(c5ccc6ccccc6c5)c5ccc6ccccc6c5)c5ccc2c3c54)cc1. The summed E-state index contributed by atoms with van der Waals surface area (Å²) in [7, 11) is 0. The Bertz CT molecular complexity index is 4550. The van der Waals surface area contributed by atoms with E-state index in [0.29, 0.717) is 0 Å². The van der Waals surface area contributed by atoms with Crippen molar-refractivity contribution >= 4 is 156 Å². The lowest BCUT2D eigenvalue weighted by Crippen LogP contribution is -2.52. The van der Waals surface area contributed by atoms with E-state index < -0.39 is 0 Å². The van der Waals surface area contributed by atoms with Crippen molar-refractivity contribution < 1.29 is 0 Å². The molecule has 0 aromatic heterocycles. The van der Waals surface area contributed by atoms with Crippen LogP contribution in [0.4, 0.5) is 34.1 Å². The second kappa shape index (κ2) is 20.7. The van der Waals surface area contributed by atoms with E-state index in [4.69, 9.17) is 0 Å². The molecular formula is C80H54B2N2. The summed E-state index contributed by atoms with van der Waals surface area (Å²) >= 11 is 0. The van der Waals surface area contributed by atoms with Gasteiger partial charge in [-0.2, -0.15) is 0 Å². The fourth-order valence-electron chi connectivity index (χ4n) is 13.7. The highest BCUT2D eigenvalue weighted by molar-refractivity contribution is 6.98. The van der Waals surface area contributed by atoms with Crippen LogP contribution in [0.15, 0.2) is 328 Å². The number of benzene rings is 16. The van der Waals surface area contributed by atoms with E-state index >= 15 is 0 Å². The van der Waals surface area contributed by atoms with Gasteiger partial charge in [-0.15, -0.1) is 0 Å². The van der Waals surface area contributed by atoms with Crippen molar-refractivity contribution in [1.29, 1.82) is 0 Å². The molecule has 0 radical (unpaired) electrons. The van der Waals surface area contributed by atoms with E-state index in [0.717, 1.165) is 34.1 Å². The molecule has 0 aliphatic carbocycles. The molecule has 16 rings (SSSR count). The minimum Gasteiger partial charge on any atom is -0.310 e. The second-order valence-electron chi connectivity index (χ2n) is 22.3. The summed E-state index contributed by atoms with van der Waals surface area (Å²) in [5, 5.41) is 17.1. The molecule has 0 N–H and O–H groups in total. The Hall–Kier alpha value is -10.7. The van der Waals surface area contributed by atoms with Gasteiger partial charge in [0.15, 0.2) is 0 Å². The maximum atomic E-state index is 2.53. The van der Waals surface area contributed by atoms with Crippen LogP contribution in [0.3, 0.4) is 0 Å². The molecule has 390 valence electrons. The molecule has 16 aromatic rings. The zero-order chi connectivity index (χ0) is 55.5. The fourth-order valence-corrected chi connectivity index (χ4v) is 13.7. The lowest BCUT2D eigenvalue weighted by atomic mass is 9.35. The average molecular weight is 1060 g/mol. The second-order valence-corrected chi connectivity index (χ2v) is 22.3. The molecule has 0 aliphatic rings. The normalized spacial score (nSPS) is 11.6. The van der Waals surface area contributed by atoms with Crippen LogP contribution < -0.4 is 42.6 Å². The maximum Gasteiger partial charge on any atom is 0.242 e. The quantitative estimate of drug-likeness (QED) is 0.0889. The topological polar surface area (TPSA) is 6.48 Å². The van der Waals surface area contributed by atoms with Gasteiger partial charge in [0, 0.05) is 33.5 Å². The zero-order valence-electron chi connectivity index (χ0n) is 46.2. The molecule has 0 bridgehead atoms. The number of rotatable bonds is 12. The Balaban J connectivity index is 1.09. The van der Waals surface area contributed by atoms with Gasteiger partial charge in [-0.1, -0.05) is 300 Å². The van der Waals surface area contributed by atoms with Gasteiger partial charge >= 0.3 is 0 Å². The number of fused-ring (bicyclic) bond motifs is 4. The molecule has 0 unspecified atom stereocenters. The third-order valence-corrected chi connectivity index (χ3v) is 17.5. The van der Waals surface area contributed by atoms with Gasteiger partial charge in [-0.05, 0) is 125 Å². The third-order valence-electron chi connectivity index (χ3n) is 17.5. The zero-order valence-corrected chi connectivity index (χ0v) is 46.2. The smallest absolute Gasteiger partial charge is 0.242 e. The van der Waals surface area contributed by atoms with E-state index in [-0.39, 0.29) is 13.4 Å². The van der Waals surface area contributed by atoms with E-state index in [9.17, 15) is 0 Å². The predicted octanol–water partition coefficient (Wildman–Crippen LogP) is 17.2. The summed E-state index contributed by atoms with van der Waals surface area (Å²) in [5.74, 6) is 0. The number of anilines is 6. The van der Waals surface area contributed by atoms with Gasteiger partial charge in [0.2, 0.25) is 13.4 Å². The Morgan fingerprint density at radius 1 is 0.190 bits per heavy atom. The molecule has 0 heterocycles. The van der Waals surface area contributed by atoms with Crippen molar-refractivity contribution in [2.75, 3.05) is 9.80 Å². The first-order chi connectivity index (χ1) is 41.7. The summed E-state index contributed by atoms with van der Waals surface area (Å²) in [6.45, 7) is -0.328. The summed E-state index contributed by atoms with van der Waals surface area (Å²) < 4.78 is 0. The highest BCUT2D eigenvalue weighted by Gasteiger charge is 2.33. The van der Waals surface area contributed by atoms with Crippen molar-refractivity contribution in [3.8, 4) is 0 Å². The monoisotopic (exact) mass is 1060 g/mol. The van der Waals surface area contributed by atoms with Crippen molar-refractivity contribution in [3.63, 3.8) is 0 Å². The lowest BCUT2D eigenvalue weighted by Gasteiger charge is -2.32. The minimum atomic E-state index is -0.164. The van der Waals surface area contributed by atoms with E-state index in [2.05, 4.69) is 337 Å². The molecule has 0 aliphatic heterocycles. The summed E-state index contributed by atoms with van der Waals surface area (Å²) in [6.07, 6.45) is 0. The molecule has 84 heavy (non-hydrogen) atoms. The first-order valence-electron chi connectivity index (χ1n) is 29.2. The average Bonchev–Trinajstić information content (AvgIpc) is 0.979. The highest BCUT2D eigenvalue weighted by atomic mass is 15.1. The van der Waals surface area contributed by atoms with Gasteiger partial charge in [0.1, 0.15) is 0 Å². The molecule has 0 fully saturated rings. The van der Waals surface area contributed by atoms with Crippen molar-refractivity contribution in [2.24, 2.45) is 0 Å². The highest BCUT2D eigenvalue weighted by Crippen LogP contribution is 2.47. The van der Waals surface area contributed by atoms with E-state index in [1.54, 1.807) is 0 Å². The van der Waals surface area contributed by atoms with Gasteiger partial charge < -0.3 is 9.80 Å². The first kappa shape index (κ1) is 49.2. The largest absolute Gasteiger partial charge is 0.310 e. The van der Waals surface area contributed by atoms with Crippen molar-refractivity contribution in [2.45, 2.75) is 0 Å². The van der Waals surface area contributed by atoms with Gasteiger partial charge in [-0.3, -0.25) is 0 Å². The number of hydrogen-bond donors (Lipinski definition) is 0. The standard InChI is InChI=1S/C80H54B2N2/c1-5-29-67(30-6-1)83(68-31-7-2-8-32-68)77-53-75(81(63-41-37-55-21-13-17-25-59(55)49-63)64-42-38-56-22-14-18-26-60(56)50-64)71-46-48-74-78(84(69-33-9-3-10-34-69)70-35-11-4-12-36-70)54-76(72-45-47-73(77)79(71)80(72)74)82(65-43-39-57-23-15-19-27-61(57)51-65)66-44-40-58-24-16-20-28-62(58)52-66/h1-54H. The van der Waals surface area contributed by atoms with Gasteiger partial charge in [-0.25, -0.2) is 0 Å². The fraction of sp³-hybridized carbons (Fsp3) is 0. The molecule has 2 nitrogen and oxygen atoms in total. The molecule has 0 amide bonds. The molecule has 0 spiro atoms. The predicted molar refractivity (Wildman–Crippen MR) is 365 cm³/mol. The van der Waals surface area contributed by atoms with Gasteiger partial charge in [0.05, 0.1) is 11.4 Å². The first-order valence-corrected chi connectivity index (χ1v) is 29.2. The third kappa shape index (κ3) is 8.53. The summed E-state index contributed by atoms with van der Waals surface area (Å²) in [4.78, 5) is 4.98. The molecule has 0 saturated carbocycles. The van der Waals surface area contributed by atoms with Crippen molar-refractivity contribution in [1.82, 2.24) is 0 Å². The summed E-state index contributed by atoms with van der Waals surface area (Å²) in [5.41, 5.74) is 14.0. The lowest BCUT2D eigenvalue weighted by molar-refractivity contribution is 1.30. The van der Waals surface area contributed by atoms with Gasteiger partial charge in [0.25, 0.3) is 0 Å². The van der Waals surface area contributed by atoms with Crippen LogP contribution in [0.2, 0.25) is 0 Å². The van der Waals surface area contributed by atoms with Crippen LogP contribution in [0, 0.1) is 0 Å². The maximum absolute atomic E-state index is 2.53. The van der Waals surface area contributed by atoms with Crippen LogP contribution in [-0.4, -0.2) is 13.4 Å². The molecule has 0 atom stereocenters. The molecule has 16 aromatic carbocycles. The Morgan fingerprint density at radius 3 is 0.702 bits per heavy atom. The minimum absolute atomic E-state index is 0.164.